The molecule has 4 aromatic rings. The van der Waals surface area contributed by atoms with E-state index in [0.717, 1.165) is 28.1 Å². The van der Waals surface area contributed by atoms with E-state index in [2.05, 4.69) is 101 Å². The van der Waals surface area contributed by atoms with E-state index in [1.54, 1.807) is 0 Å². The summed E-state index contributed by atoms with van der Waals surface area (Å²) in [6.45, 7) is 4.29. The first-order valence-corrected chi connectivity index (χ1v) is 9.20. The van der Waals surface area contributed by atoms with Gasteiger partial charge in [-0.1, -0.05) is 71.4 Å². The summed E-state index contributed by atoms with van der Waals surface area (Å²) < 4.78 is 2.70. The van der Waals surface area contributed by atoms with Crippen molar-refractivity contribution in [1.29, 1.82) is 0 Å². The molecule has 1 aromatic heterocycles. The van der Waals surface area contributed by atoms with Crippen LogP contribution < -0.4 is 0 Å². The van der Waals surface area contributed by atoms with Crippen LogP contribution in [0.1, 0.15) is 22.8 Å². The number of para-hydroxylation sites is 2. The summed E-state index contributed by atoms with van der Waals surface area (Å²) in [7, 11) is 0. The fraction of sp³-hybridized carbons (Fsp3) is 0.136. The molecule has 3 aromatic carbocycles. The summed E-state index contributed by atoms with van der Waals surface area (Å²) in [4.78, 5) is 4.91. The van der Waals surface area contributed by atoms with Crippen LogP contribution in [0.3, 0.4) is 0 Å². The largest absolute Gasteiger partial charge is 0.292 e. The van der Waals surface area contributed by atoms with Crippen molar-refractivity contribution in [3.63, 3.8) is 0 Å². The molecule has 120 valence electrons. The third-order valence-electron chi connectivity index (χ3n) is 4.55. The number of rotatable bonds is 3. The van der Waals surface area contributed by atoms with Gasteiger partial charge < -0.3 is 0 Å². The fourth-order valence-corrected chi connectivity index (χ4v) is 3.33. The lowest BCUT2D eigenvalue weighted by molar-refractivity contribution is 1.06. The molecule has 0 fully saturated rings. The standard InChI is InChI=1S/C22H19N2.Al/c1-3-17-10-14-19(15-11-17)24-21-7-5-4-6-20(21)23-22(24)18-12-8-16(2)9-13-18;/h3-15H,1-2H3;. The lowest BCUT2D eigenvalue weighted by atomic mass is 10.1. The van der Waals surface area contributed by atoms with E-state index >= 15 is 0 Å². The van der Waals surface area contributed by atoms with Crippen LogP contribution in [0.2, 0.25) is 0 Å². The van der Waals surface area contributed by atoms with Crippen molar-refractivity contribution >= 4 is 27.3 Å². The van der Waals surface area contributed by atoms with Gasteiger partial charge in [-0.3, -0.25) is 4.57 Å². The van der Waals surface area contributed by atoms with Crippen LogP contribution >= 0.6 is 0 Å². The third-order valence-corrected chi connectivity index (χ3v) is 4.93. The topological polar surface area (TPSA) is 17.8 Å². The van der Waals surface area contributed by atoms with Gasteiger partial charge in [0.1, 0.15) is 22.1 Å². The van der Waals surface area contributed by atoms with Crippen LogP contribution in [0, 0.1) is 6.92 Å². The van der Waals surface area contributed by atoms with Crippen molar-refractivity contribution < 1.29 is 0 Å². The summed E-state index contributed by atoms with van der Waals surface area (Å²) in [6, 6.07) is 25.6. The monoisotopic (exact) mass is 338 g/mol. The number of nitrogens with zero attached hydrogens (tertiary/aromatic N) is 2. The molecule has 2 radical (unpaired) electrons. The van der Waals surface area contributed by atoms with E-state index in [1.165, 1.54) is 11.1 Å². The molecule has 0 spiro atoms. The van der Waals surface area contributed by atoms with E-state index in [1.807, 2.05) is 6.07 Å². The van der Waals surface area contributed by atoms with Crippen LogP contribution in [0.4, 0.5) is 0 Å². The van der Waals surface area contributed by atoms with Crippen molar-refractivity contribution in [2.24, 2.45) is 0 Å². The van der Waals surface area contributed by atoms with Crippen LogP contribution in [0.25, 0.3) is 28.1 Å². The van der Waals surface area contributed by atoms with Crippen LogP contribution in [0.15, 0.2) is 72.8 Å². The summed E-state index contributed by atoms with van der Waals surface area (Å²) in [6.07, 6.45) is 0. The van der Waals surface area contributed by atoms with Gasteiger partial charge >= 0.3 is 0 Å². The van der Waals surface area contributed by atoms with E-state index in [0.29, 0.717) is 4.78 Å². The van der Waals surface area contributed by atoms with Gasteiger partial charge in [-0.25, -0.2) is 4.98 Å². The van der Waals surface area contributed by atoms with Gasteiger partial charge in [0.05, 0.1) is 11.0 Å². The Morgan fingerprint density at radius 1 is 0.880 bits per heavy atom. The Hall–Kier alpha value is -2.34. The highest BCUT2D eigenvalue weighted by atomic mass is 27.0. The van der Waals surface area contributed by atoms with Gasteiger partial charge in [0, 0.05) is 11.3 Å². The zero-order chi connectivity index (χ0) is 17.4. The summed E-state index contributed by atoms with van der Waals surface area (Å²) >= 11 is 2.85. The molecule has 1 unspecified atom stereocenters. The van der Waals surface area contributed by atoms with Gasteiger partial charge in [-0.05, 0) is 31.2 Å². The maximum Gasteiger partial charge on any atom is 0.145 e. The minimum absolute atomic E-state index is 0.449. The summed E-state index contributed by atoms with van der Waals surface area (Å²) in [5, 5.41) is 0. The SMILES string of the molecule is Cc1ccc(-c2nc3ccccc3n2-c2ccc([CH](C)[Al])cc2)cc1. The van der Waals surface area contributed by atoms with E-state index in [9.17, 15) is 0 Å². The lowest BCUT2D eigenvalue weighted by Crippen LogP contribution is -1.99. The molecule has 3 heteroatoms. The van der Waals surface area contributed by atoms with Crippen molar-refractivity contribution in [1.82, 2.24) is 9.55 Å². The first-order chi connectivity index (χ1) is 12.1. The van der Waals surface area contributed by atoms with Crippen molar-refractivity contribution in [3.05, 3.63) is 83.9 Å². The Kier molecular flexibility index (Phi) is 4.21. The van der Waals surface area contributed by atoms with Gasteiger partial charge in [-0.15, -0.1) is 0 Å². The molecule has 0 aliphatic heterocycles. The predicted octanol–water partition coefficient (Wildman–Crippen LogP) is 5.23. The van der Waals surface area contributed by atoms with Gasteiger partial charge in [0.15, 0.2) is 0 Å². The molecule has 0 amide bonds. The molecular weight excluding hydrogens is 319 g/mol. The average Bonchev–Trinajstić information content (AvgIpc) is 3.02. The van der Waals surface area contributed by atoms with Crippen LogP contribution in [-0.4, -0.2) is 25.8 Å². The predicted molar refractivity (Wildman–Crippen MR) is 105 cm³/mol. The minimum Gasteiger partial charge on any atom is -0.292 e. The number of benzene rings is 3. The Labute approximate surface area is 156 Å². The normalized spacial score (nSPS) is 12.4. The highest BCUT2D eigenvalue weighted by Gasteiger charge is 2.14. The number of imidazole rings is 1. The second kappa shape index (κ2) is 6.52. The maximum absolute atomic E-state index is 4.91. The minimum atomic E-state index is 0.449. The first kappa shape index (κ1) is 16.1. The van der Waals surface area contributed by atoms with Crippen molar-refractivity contribution in [2.45, 2.75) is 18.6 Å². The summed E-state index contributed by atoms with van der Waals surface area (Å²) in [5.41, 5.74) is 6.98. The fourth-order valence-electron chi connectivity index (χ4n) is 3.11. The zero-order valence-electron chi connectivity index (χ0n) is 14.5. The second-order valence-corrected chi connectivity index (χ2v) is 7.51. The highest BCUT2D eigenvalue weighted by molar-refractivity contribution is 6.12. The smallest absolute Gasteiger partial charge is 0.145 e. The average molecular weight is 338 g/mol. The molecule has 0 N–H and O–H groups in total. The molecule has 1 heterocycles. The molecule has 2 nitrogen and oxygen atoms in total. The molecule has 0 aliphatic rings. The van der Waals surface area contributed by atoms with Crippen LogP contribution in [-0.2, 0) is 0 Å². The Balaban J connectivity index is 1.94. The Morgan fingerprint density at radius 3 is 2.24 bits per heavy atom. The Bertz CT molecular complexity index is 1010. The van der Waals surface area contributed by atoms with Crippen molar-refractivity contribution in [3.8, 4) is 17.1 Å². The van der Waals surface area contributed by atoms with E-state index in [-0.39, 0.29) is 0 Å². The number of aryl methyl sites for hydroxylation is 1. The number of hydrogen-bond donors (Lipinski definition) is 0. The third kappa shape index (κ3) is 3.02. The first-order valence-electron chi connectivity index (χ1n) is 8.54. The highest BCUT2D eigenvalue weighted by Crippen LogP contribution is 2.29. The molecule has 0 saturated heterocycles. The van der Waals surface area contributed by atoms with Gasteiger partial charge in [-0.2, -0.15) is 0 Å². The second-order valence-electron chi connectivity index (χ2n) is 6.51. The number of hydrogen-bond acceptors (Lipinski definition) is 1. The van der Waals surface area contributed by atoms with Crippen molar-refractivity contribution in [2.75, 3.05) is 0 Å². The van der Waals surface area contributed by atoms with E-state index < -0.39 is 0 Å². The molecule has 25 heavy (non-hydrogen) atoms. The number of aromatic nitrogens is 2. The molecule has 4 rings (SSSR count). The number of fused-ring (bicyclic) bond motifs is 1. The maximum atomic E-state index is 4.91. The van der Waals surface area contributed by atoms with Gasteiger partial charge in [0.2, 0.25) is 0 Å². The molecule has 0 saturated carbocycles. The zero-order valence-corrected chi connectivity index (χ0v) is 15.6. The van der Waals surface area contributed by atoms with Gasteiger partial charge in [0.25, 0.3) is 0 Å². The quantitative estimate of drug-likeness (QED) is 0.468. The lowest BCUT2D eigenvalue weighted by Gasteiger charge is -2.12. The molecule has 0 aliphatic carbocycles. The molecule has 1 atom stereocenters. The van der Waals surface area contributed by atoms with E-state index in [4.69, 9.17) is 4.98 Å². The summed E-state index contributed by atoms with van der Waals surface area (Å²) in [5.74, 6) is 0.980. The molecule has 0 bridgehead atoms. The molecular formula is C22H19AlN2. The Morgan fingerprint density at radius 2 is 1.56 bits per heavy atom. The van der Waals surface area contributed by atoms with Crippen LogP contribution in [0.5, 0.6) is 0 Å².